The Balaban J connectivity index is 1.12. The molecule has 0 fully saturated rings. The second-order valence-electron chi connectivity index (χ2n) is 19.3. The lowest BCUT2D eigenvalue weighted by Crippen LogP contribution is -2.32. The summed E-state index contributed by atoms with van der Waals surface area (Å²) in [6.07, 6.45) is 0. The van der Waals surface area contributed by atoms with Crippen LogP contribution in [-0.2, 0) is 16.2 Å². The topological polar surface area (TPSA) is 6.48 Å². The molecule has 0 aromatic heterocycles. The third kappa shape index (κ3) is 5.31. The molecule has 0 N–H and O–H groups in total. The second kappa shape index (κ2) is 13.4. The molecule has 1 heterocycles. The third-order valence-corrected chi connectivity index (χ3v) is 14.8. The van der Waals surface area contributed by atoms with Crippen molar-refractivity contribution in [1.82, 2.24) is 0 Å². The Kier molecular flexibility index (Phi) is 8.01. The van der Waals surface area contributed by atoms with Gasteiger partial charge in [0.15, 0.2) is 0 Å². The van der Waals surface area contributed by atoms with Gasteiger partial charge in [0.25, 0.3) is 0 Å². The number of nitrogens with zero attached hydrogens (tertiary/aromatic N) is 2. The molecule has 3 aliphatic rings. The average molecular weight is 811 g/mol. The summed E-state index contributed by atoms with van der Waals surface area (Å²) in [5.41, 5.74) is 22.4. The van der Waals surface area contributed by atoms with E-state index in [1.54, 1.807) is 0 Å². The van der Waals surface area contributed by atoms with E-state index in [9.17, 15) is 0 Å². The summed E-state index contributed by atoms with van der Waals surface area (Å²) in [6, 6.07) is 72.8. The Hall–Kier alpha value is -7.16. The van der Waals surface area contributed by atoms with Gasteiger partial charge in [-0.3, -0.25) is 0 Å². The lowest BCUT2D eigenvalue weighted by Gasteiger charge is -2.44. The molecule has 0 amide bonds. The monoisotopic (exact) mass is 810 g/mol. The van der Waals surface area contributed by atoms with Gasteiger partial charge in [0.2, 0.25) is 0 Å². The van der Waals surface area contributed by atoms with Crippen molar-refractivity contribution in [3.63, 3.8) is 0 Å². The van der Waals surface area contributed by atoms with E-state index in [1.807, 2.05) is 0 Å². The summed E-state index contributed by atoms with van der Waals surface area (Å²) in [7, 11) is 0. The molecule has 2 aliphatic carbocycles. The van der Waals surface area contributed by atoms with Crippen LogP contribution in [0.15, 0.2) is 194 Å². The fourth-order valence-corrected chi connectivity index (χ4v) is 11.7. The zero-order valence-electron chi connectivity index (χ0n) is 36.9. The van der Waals surface area contributed by atoms with Crippen molar-refractivity contribution in [2.75, 3.05) is 9.80 Å². The Morgan fingerprint density at radius 2 is 0.921 bits per heavy atom. The second-order valence-corrected chi connectivity index (χ2v) is 19.3. The van der Waals surface area contributed by atoms with E-state index in [4.69, 9.17) is 0 Å². The molecule has 63 heavy (non-hydrogen) atoms. The van der Waals surface area contributed by atoms with Gasteiger partial charge in [-0.2, -0.15) is 0 Å². The Labute approximate surface area is 371 Å². The van der Waals surface area contributed by atoms with E-state index in [2.05, 4.69) is 245 Å². The van der Waals surface area contributed by atoms with E-state index in [1.165, 1.54) is 88.9 Å². The van der Waals surface area contributed by atoms with E-state index >= 15 is 0 Å². The maximum Gasteiger partial charge on any atom is 0.0781 e. The van der Waals surface area contributed by atoms with Gasteiger partial charge in [0, 0.05) is 33.0 Å². The van der Waals surface area contributed by atoms with Crippen molar-refractivity contribution in [3.8, 4) is 33.4 Å². The van der Waals surface area contributed by atoms with Crippen LogP contribution in [-0.4, -0.2) is 0 Å². The minimum atomic E-state index is -0.305. The maximum absolute atomic E-state index is 2.59. The van der Waals surface area contributed by atoms with E-state index in [-0.39, 0.29) is 16.2 Å². The Morgan fingerprint density at radius 1 is 0.365 bits per heavy atom. The molecule has 0 bridgehead atoms. The molecule has 304 valence electrons. The van der Waals surface area contributed by atoms with E-state index in [0.717, 1.165) is 22.7 Å². The van der Waals surface area contributed by atoms with Crippen LogP contribution >= 0.6 is 0 Å². The van der Waals surface area contributed by atoms with Gasteiger partial charge in [-0.05, 0) is 121 Å². The van der Waals surface area contributed by atoms with Gasteiger partial charge in [-0.25, -0.2) is 0 Å². The summed E-state index contributed by atoms with van der Waals surface area (Å²) < 4.78 is 0. The van der Waals surface area contributed by atoms with E-state index < -0.39 is 0 Å². The van der Waals surface area contributed by atoms with Crippen molar-refractivity contribution in [2.24, 2.45) is 0 Å². The van der Waals surface area contributed by atoms with Crippen molar-refractivity contribution < 1.29 is 0 Å². The number of hydrogen-bond acceptors (Lipinski definition) is 2. The molecule has 12 rings (SSSR count). The number of hydrogen-bond donors (Lipinski definition) is 0. The molecule has 9 aromatic rings. The minimum absolute atomic E-state index is 0.0980. The molecule has 2 nitrogen and oxygen atoms in total. The van der Waals surface area contributed by atoms with Gasteiger partial charge in [-0.15, -0.1) is 0 Å². The highest BCUT2D eigenvalue weighted by Crippen LogP contribution is 2.59. The summed E-state index contributed by atoms with van der Waals surface area (Å²) in [6.45, 7) is 14.3. The molecule has 0 saturated carbocycles. The predicted molar refractivity (Wildman–Crippen MR) is 266 cm³/mol. The van der Waals surface area contributed by atoms with Crippen LogP contribution in [0.25, 0.3) is 44.2 Å². The van der Waals surface area contributed by atoms with Crippen molar-refractivity contribution in [1.29, 1.82) is 0 Å². The van der Waals surface area contributed by atoms with Crippen LogP contribution in [0, 0.1) is 0 Å². The van der Waals surface area contributed by atoms with E-state index in [0.29, 0.717) is 0 Å². The van der Waals surface area contributed by atoms with Gasteiger partial charge in [0.05, 0.1) is 22.7 Å². The fraction of sp³-hybridized carbons (Fsp3) is 0.148. The fourth-order valence-electron chi connectivity index (χ4n) is 11.7. The molecular formula is C61H50N2. The number of para-hydroxylation sites is 2. The minimum Gasteiger partial charge on any atom is -0.308 e. The van der Waals surface area contributed by atoms with Crippen LogP contribution < -0.4 is 9.80 Å². The lowest BCUT2D eigenvalue weighted by atomic mass is 9.70. The highest BCUT2D eigenvalue weighted by Gasteiger charge is 2.42. The molecule has 0 unspecified atom stereocenters. The first kappa shape index (κ1) is 37.6. The summed E-state index contributed by atoms with van der Waals surface area (Å²) in [5.74, 6) is 0. The Morgan fingerprint density at radius 3 is 1.65 bits per heavy atom. The number of fused-ring (bicyclic) bond motifs is 9. The van der Waals surface area contributed by atoms with Gasteiger partial charge in [0.1, 0.15) is 0 Å². The van der Waals surface area contributed by atoms with Gasteiger partial charge >= 0.3 is 0 Å². The molecule has 0 atom stereocenters. The summed E-state index contributed by atoms with van der Waals surface area (Å²) >= 11 is 0. The molecule has 1 aliphatic heterocycles. The SMILES string of the molecule is CC1(C)c2ccccc2-c2ccc(-c3cccc4c3C(C)(C)c3ccccc3N4c3c(N(c4ccccc4)c4ccc5c(c4)C(C)(C)c4ccccc4-5)ccc4ccccc34)cc21. The van der Waals surface area contributed by atoms with Crippen molar-refractivity contribution in [2.45, 2.75) is 57.8 Å². The molecule has 9 aromatic carbocycles. The lowest BCUT2D eigenvalue weighted by molar-refractivity contribution is 0.633. The number of rotatable bonds is 5. The first-order valence-electron chi connectivity index (χ1n) is 22.4. The average Bonchev–Trinajstić information content (AvgIpc) is 3.68. The van der Waals surface area contributed by atoms with Crippen LogP contribution in [0.2, 0.25) is 0 Å². The molecule has 0 saturated heterocycles. The first-order valence-corrected chi connectivity index (χ1v) is 22.4. The molecular weight excluding hydrogens is 761 g/mol. The predicted octanol–water partition coefficient (Wildman–Crippen LogP) is 16.7. The van der Waals surface area contributed by atoms with Crippen LogP contribution in [0.4, 0.5) is 34.1 Å². The molecule has 0 spiro atoms. The first-order chi connectivity index (χ1) is 30.5. The molecule has 2 heteroatoms. The highest BCUT2D eigenvalue weighted by atomic mass is 15.2. The summed E-state index contributed by atoms with van der Waals surface area (Å²) in [5, 5.41) is 2.41. The highest BCUT2D eigenvalue weighted by molar-refractivity contribution is 6.09. The van der Waals surface area contributed by atoms with Crippen molar-refractivity contribution >= 4 is 44.9 Å². The smallest absolute Gasteiger partial charge is 0.0781 e. The van der Waals surface area contributed by atoms with Crippen LogP contribution in [0.5, 0.6) is 0 Å². The number of anilines is 6. The van der Waals surface area contributed by atoms with Gasteiger partial charge in [-0.1, -0.05) is 187 Å². The largest absolute Gasteiger partial charge is 0.308 e. The van der Waals surface area contributed by atoms with Crippen LogP contribution in [0.3, 0.4) is 0 Å². The third-order valence-electron chi connectivity index (χ3n) is 14.8. The number of benzene rings is 9. The van der Waals surface area contributed by atoms with Crippen molar-refractivity contribution in [3.05, 3.63) is 228 Å². The van der Waals surface area contributed by atoms with Crippen LogP contribution in [0.1, 0.15) is 74.9 Å². The Bertz CT molecular complexity index is 3330. The summed E-state index contributed by atoms with van der Waals surface area (Å²) in [4.78, 5) is 5.08. The molecule has 0 radical (unpaired) electrons. The maximum atomic E-state index is 2.59. The normalized spacial score (nSPS) is 15.5. The zero-order chi connectivity index (χ0) is 42.8. The zero-order valence-corrected chi connectivity index (χ0v) is 36.9. The quantitative estimate of drug-likeness (QED) is 0.171. The van der Waals surface area contributed by atoms with Gasteiger partial charge < -0.3 is 9.80 Å². The standard InChI is InChI=1S/C61H50N2/c1-59(2)49-26-14-12-23-45(49)47-34-31-40(37-52(47)59)43-25-18-30-55-57(43)61(5,6)51-28-16-17-29-54(51)63(55)58-44-22-11-10-19-39(44)32-36-56(58)62(41-20-8-7-9-21-41)42-33-35-48-46-24-13-15-27-50(46)60(3,4)53(48)38-42/h7-38H,1-6H3.